The van der Waals surface area contributed by atoms with Gasteiger partial charge in [-0.15, -0.1) is 11.3 Å². The predicted molar refractivity (Wildman–Crippen MR) is 166 cm³/mol. The van der Waals surface area contributed by atoms with Crippen molar-refractivity contribution in [2.24, 2.45) is 0 Å². The van der Waals surface area contributed by atoms with E-state index in [1.807, 2.05) is 80.9 Å². The lowest BCUT2D eigenvalue weighted by atomic mass is 9.99. The SMILES string of the molecule is Cc1ccsc1C(C)NC(=O)c1cccc(C(=O)N[C@@H](Cc2ccccc2)[C@H](O)CN(C)[C@@H](C)c2ccccc2)c1. The second-order valence-corrected chi connectivity index (χ2v) is 11.6. The average Bonchev–Trinajstić information content (AvgIpc) is 3.43. The number of amides is 2. The van der Waals surface area contributed by atoms with Crippen molar-refractivity contribution >= 4 is 23.2 Å². The summed E-state index contributed by atoms with van der Waals surface area (Å²) in [6, 6.07) is 28.1. The Morgan fingerprint density at radius 3 is 2.07 bits per heavy atom. The third-order valence-corrected chi connectivity index (χ3v) is 8.73. The molecule has 7 heteroatoms. The maximum atomic E-state index is 13.5. The van der Waals surface area contributed by atoms with Crippen LogP contribution in [-0.2, 0) is 6.42 Å². The molecule has 0 fully saturated rings. The van der Waals surface area contributed by atoms with Crippen molar-refractivity contribution in [1.82, 2.24) is 15.5 Å². The molecule has 0 saturated heterocycles. The van der Waals surface area contributed by atoms with E-state index in [0.29, 0.717) is 24.1 Å². The molecule has 0 saturated carbocycles. The van der Waals surface area contributed by atoms with E-state index >= 15 is 0 Å². The summed E-state index contributed by atoms with van der Waals surface area (Å²) in [5.74, 6) is -0.571. The van der Waals surface area contributed by atoms with Gasteiger partial charge in [0.1, 0.15) is 0 Å². The van der Waals surface area contributed by atoms with Crippen LogP contribution in [0.4, 0.5) is 0 Å². The Balaban J connectivity index is 1.47. The molecule has 3 N–H and O–H groups in total. The number of thiophene rings is 1. The van der Waals surface area contributed by atoms with Crippen LogP contribution < -0.4 is 10.6 Å². The van der Waals surface area contributed by atoms with Crippen LogP contribution >= 0.6 is 11.3 Å². The number of hydrogen-bond donors (Lipinski definition) is 3. The maximum Gasteiger partial charge on any atom is 0.251 e. The van der Waals surface area contributed by atoms with E-state index in [1.54, 1.807) is 35.6 Å². The maximum absolute atomic E-state index is 13.5. The Labute approximate surface area is 247 Å². The molecule has 0 aliphatic carbocycles. The second-order valence-electron chi connectivity index (χ2n) is 10.6. The van der Waals surface area contributed by atoms with Crippen molar-refractivity contribution in [3.8, 4) is 0 Å². The van der Waals surface area contributed by atoms with Crippen molar-refractivity contribution in [3.63, 3.8) is 0 Å². The number of hydrogen-bond acceptors (Lipinski definition) is 5. The zero-order valence-corrected chi connectivity index (χ0v) is 24.9. The Bertz CT molecular complexity index is 1420. The van der Waals surface area contributed by atoms with Crippen LogP contribution in [0.25, 0.3) is 0 Å². The van der Waals surface area contributed by atoms with Gasteiger partial charge in [-0.3, -0.25) is 14.5 Å². The third-order valence-electron chi connectivity index (χ3n) is 7.53. The number of benzene rings is 3. The van der Waals surface area contributed by atoms with E-state index in [-0.39, 0.29) is 23.9 Å². The minimum Gasteiger partial charge on any atom is -0.390 e. The van der Waals surface area contributed by atoms with E-state index < -0.39 is 12.1 Å². The first-order valence-corrected chi connectivity index (χ1v) is 14.8. The van der Waals surface area contributed by atoms with Crippen LogP contribution in [0.3, 0.4) is 0 Å². The summed E-state index contributed by atoms with van der Waals surface area (Å²) >= 11 is 1.61. The summed E-state index contributed by atoms with van der Waals surface area (Å²) in [4.78, 5) is 29.7. The lowest BCUT2D eigenvalue weighted by molar-refractivity contribution is 0.0656. The first kappa shape index (κ1) is 30.2. The average molecular weight is 570 g/mol. The van der Waals surface area contributed by atoms with Gasteiger partial charge in [-0.05, 0) is 80.6 Å². The molecule has 214 valence electrons. The quantitative estimate of drug-likeness (QED) is 0.197. The third kappa shape index (κ3) is 8.13. The Kier molecular flexibility index (Phi) is 10.5. The summed E-state index contributed by atoms with van der Waals surface area (Å²) < 4.78 is 0. The molecule has 2 amide bonds. The highest BCUT2D eigenvalue weighted by molar-refractivity contribution is 7.10. The molecule has 41 heavy (non-hydrogen) atoms. The number of carbonyl (C=O) groups is 2. The molecule has 0 aliphatic heterocycles. The van der Waals surface area contributed by atoms with Gasteiger partial charge in [-0.1, -0.05) is 66.7 Å². The van der Waals surface area contributed by atoms with Gasteiger partial charge in [0.2, 0.25) is 0 Å². The van der Waals surface area contributed by atoms with Crippen LogP contribution in [0.1, 0.15) is 68.2 Å². The van der Waals surface area contributed by atoms with Gasteiger partial charge in [0, 0.05) is 28.6 Å². The Morgan fingerprint density at radius 2 is 1.46 bits per heavy atom. The minimum atomic E-state index is -0.823. The first-order chi connectivity index (χ1) is 19.7. The normalized spacial score (nSPS) is 14.2. The number of nitrogens with zero attached hydrogens (tertiary/aromatic N) is 1. The molecule has 0 aliphatic rings. The van der Waals surface area contributed by atoms with Crippen LogP contribution in [0.15, 0.2) is 96.4 Å². The molecule has 0 spiro atoms. The van der Waals surface area contributed by atoms with Gasteiger partial charge in [0.15, 0.2) is 0 Å². The lowest BCUT2D eigenvalue weighted by Gasteiger charge is -2.31. The molecule has 4 aromatic rings. The van der Waals surface area contributed by atoms with Crippen molar-refractivity contribution < 1.29 is 14.7 Å². The van der Waals surface area contributed by atoms with Crippen molar-refractivity contribution in [1.29, 1.82) is 0 Å². The van der Waals surface area contributed by atoms with E-state index in [1.165, 1.54) is 0 Å². The number of likely N-dealkylation sites (N-methyl/N-ethyl adjacent to an activating group) is 1. The number of aliphatic hydroxyl groups excluding tert-OH is 1. The topological polar surface area (TPSA) is 81.7 Å². The van der Waals surface area contributed by atoms with Crippen molar-refractivity contribution in [3.05, 3.63) is 129 Å². The van der Waals surface area contributed by atoms with Gasteiger partial charge >= 0.3 is 0 Å². The standard InChI is InChI=1S/C34H39N3O3S/c1-23-18-19-41-32(23)24(2)35-33(39)28-16-11-17-29(21-28)34(40)36-30(20-26-12-7-5-8-13-26)31(38)22-37(4)25(3)27-14-9-6-10-15-27/h5-19,21,24-25,30-31,38H,20,22H2,1-4H3,(H,35,39)(H,36,40)/t24?,25-,30-,31+/m0/s1. The molecule has 1 aromatic heterocycles. The molecule has 3 aromatic carbocycles. The summed E-state index contributed by atoms with van der Waals surface area (Å²) in [6.07, 6.45) is -0.351. The highest BCUT2D eigenvalue weighted by atomic mass is 32.1. The molecule has 4 rings (SSSR count). The zero-order valence-electron chi connectivity index (χ0n) is 24.1. The van der Waals surface area contributed by atoms with Crippen LogP contribution in [-0.4, -0.2) is 47.6 Å². The first-order valence-electron chi connectivity index (χ1n) is 14.0. The van der Waals surface area contributed by atoms with Gasteiger partial charge in [-0.2, -0.15) is 0 Å². The summed E-state index contributed by atoms with van der Waals surface area (Å²) in [6.45, 7) is 6.46. The molecule has 6 nitrogen and oxygen atoms in total. The Morgan fingerprint density at radius 1 is 0.854 bits per heavy atom. The van der Waals surface area contributed by atoms with Gasteiger partial charge in [-0.25, -0.2) is 0 Å². The number of carbonyl (C=O) groups excluding carboxylic acids is 2. The van der Waals surface area contributed by atoms with Crippen LogP contribution in [0, 0.1) is 6.92 Å². The molecule has 0 bridgehead atoms. The highest BCUT2D eigenvalue weighted by Crippen LogP contribution is 2.24. The van der Waals surface area contributed by atoms with E-state index in [9.17, 15) is 14.7 Å². The summed E-state index contributed by atoms with van der Waals surface area (Å²) in [7, 11) is 1.98. The lowest BCUT2D eigenvalue weighted by Crippen LogP contribution is -2.49. The summed E-state index contributed by atoms with van der Waals surface area (Å²) in [5.41, 5.74) is 4.10. The number of nitrogens with one attached hydrogen (secondary N) is 2. The van der Waals surface area contributed by atoms with E-state index in [4.69, 9.17) is 0 Å². The number of rotatable bonds is 12. The van der Waals surface area contributed by atoms with Crippen molar-refractivity contribution in [2.45, 2.75) is 51.4 Å². The largest absolute Gasteiger partial charge is 0.390 e. The van der Waals surface area contributed by atoms with Gasteiger partial charge in [0.05, 0.1) is 18.2 Å². The number of aryl methyl sites for hydroxylation is 1. The second kappa shape index (κ2) is 14.2. The molecular weight excluding hydrogens is 530 g/mol. The molecule has 4 atom stereocenters. The smallest absolute Gasteiger partial charge is 0.251 e. The monoisotopic (exact) mass is 569 g/mol. The number of aliphatic hydroxyl groups is 1. The van der Waals surface area contributed by atoms with Gasteiger partial charge in [0.25, 0.3) is 11.8 Å². The molecule has 0 radical (unpaired) electrons. The molecule has 1 unspecified atom stereocenters. The van der Waals surface area contributed by atoms with Crippen molar-refractivity contribution in [2.75, 3.05) is 13.6 Å². The van der Waals surface area contributed by atoms with Gasteiger partial charge < -0.3 is 15.7 Å². The van der Waals surface area contributed by atoms with Crippen LogP contribution in [0.5, 0.6) is 0 Å². The molecule has 1 heterocycles. The summed E-state index contributed by atoms with van der Waals surface area (Å²) in [5, 5.41) is 19.5. The fourth-order valence-electron chi connectivity index (χ4n) is 4.94. The highest BCUT2D eigenvalue weighted by Gasteiger charge is 2.26. The molecular formula is C34H39N3O3S. The fourth-order valence-corrected chi connectivity index (χ4v) is 5.88. The Hall–Kier alpha value is -3.78. The minimum absolute atomic E-state index is 0.0921. The predicted octanol–water partition coefficient (Wildman–Crippen LogP) is 5.94. The van der Waals surface area contributed by atoms with E-state index in [2.05, 4.69) is 34.6 Å². The van der Waals surface area contributed by atoms with E-state index in [0.717, 1.165) is 21.6 Å². The van der Waals surface area contributed by atoms with Crippen LogP contribution in [0.2, 0.25) is 0 Å². The fraction of sp³-hybridized carbons (Fsp3) is 0.294. The zero-order chi connectivity index (χ0) is 29.4.